The van der Waals surface area contributed by atoms with Gasteiger partial charge in [0.25, 0.3) is 0 Å². The number of carbonyl (C=O) groups is 1. The second-order valence-corrected chi connectivity index (χ2v) is 6.08. The molecule has 0 radical (unpaired) electrons. The van der Waals surface area contributed by atoms with Crippen molar-refractivity contribution in [2.24, 2.45) is 0 Å². The second-order valence-electron chi connectivity index (χ2n) is 5.13. The topological polar surface area (TPSA) is 86.5 Å². The van der Waals surface area contributed by atoms with Gasteiger partial charge in [0, 0.05) is 12.6 Å². The lowest BCUT2D eigenvalue weighted by molar-refractivity contribution is -0.133. The molecular weight excluding hydrogens is 282 g/mol. The standard InChI is InChI=1S/C12H21N3O4S/c1-12(2,3)15-9(7-19-6-5-18-4)13-14-11(15)20-8-10(16)17/h5-8H2,1-4H3,(H,16,17). The third kappa shape index (κ3) is 5.10. The van der Waals surface area contributed by atoms with Gasteiger partial charge in [0.1, 0.15) is 6.61 Å². The maximum absolute atomic E-state index is 10.7. The summed E-state index contributed by atoms with van der Waals surface area (Å²) in [6.45, 7) is 7.36. The number of ether oxygens (including phenoxy) is 2. The summed E-state index contributed by atoms with van der Waals surface area (Å²) in [6, 6.07) is 0. The molecule has 0 aliphatic rings. The highest BCUT2D eigenvalue weighted by molar-refractivity contribution is 7.99. The summed E-state index contributed by atoms with van der Waals surface area (Å²) < 4.78 is 12.3. The van der Waals surface area contributed by atoms with Crippen LogP contribution in [0.2, 0.25) is 0 Å². The Morgan fingerprint density at radius 2 is 2.05 bits per heavy atom. The van der Waals surface area contributed by atoms with Gasteiger partial charge >= 0.3 is 5.97 Å². The molecule has 0 saturated carbocycles. The third-order valence-electron chi connectivity index (χ3n) is 2.36. The maximum atomic E-state index is 10.7. The molecule has 0 atom stereocenters. The smallest absolute Gasteiger partial charge is 0.313 e. The van der Waals surface area contributed by atoms with E-state index in [1.165, 1.54) is 0 Å². The summed E-state index contributed by atoms with van der Waals surface area (Å²) in [5.41, 5.74) is -0.246. The van der Waals surface area contributed by atoms with E-state index in [0.717, 1.165) is 11.8 Å². The molecule has 1 aromatic heterocycles. The average molecular weight is 303 g/mol. The van der Waals surface area contributed by atoms with Crippen LogP contribution in [0, 0.1) is 0 Å². The first-order valence-corrected chi connectivity index (χ1v) is 7.21. The number of carboxylic acid groups (broad SMARTS) is 1. The van der Waals surface area contributed by atoms with Gasteiger partial charge in [-0.2, -0.15) is 0 Å². The van der Waals surface area contributed by atoms with E-state index in [2.05, 4.69) is 10.2 Å². The molecule has 114 valence electrons. The first kappa shape index (κ1) is 16.9. The van der Waals surface area contributed by atoms with E-state index < -0.39 is 5.97 Å². The number of rotatable bonds is 8. The van der Waals surface area contributed by atoms with Gasteiger partial charge in [-0.3, -0.25) is 9.36 Å². The Kier molecular flexibility index (Phi) is 6.44. The molecule has 0 aliphatic carbocycles. The van der Waals surface area contributed by atoms with Crippen molar-refractivity contribution in [1.29, 1.82) is 0 Å². The molecular formula is C12H21N3O4S. The molecule has 0 aromatic carbocycles. The third-order valence-corrected chi connectivity index (χ3v) is 3.27. The van der Waals surface area contributed by atoms with E-state index in [1.54, 1.807) is 7.11 Å². The first-order chi connectivity index (χ1) is 9.36. The monoisotopic (exact) mass is 303 g/mol. The van der Waals surface area contributed by atoms with Crippen molar-refractivity contribution in [2.45, 2.75) is 38.1 Å². The first-order valence-electron chi connectivity index (χ1n) is 6.22. The van der Waals surface area contributed by atoms with Crippen molar-refractivity contribution in [3.05, 3.63) is 5.82 Å². The molecule has 8 heteroatoms. The number of aromatic nitrogens is 3. The molecule has 1 heterocycles. The van der Waals surface area contributed by atoms with Crippen LogP contribution in [0.1, 0.15) is 26.6 Å². The van der Waals surface area contributed by atoms with Gasteiger partial charge in [-0.25, -0.2) is 0 Å². The number of thioether (sulfide) groups is 1. The minimum absolute atomic E-state index is 0.0429. The molecule has 0 saturated heterocycles. The Labute approximate surface area is 122 Å². The van der Waals surface area contributed by atoms with Crippen molar-refractivity contribution >= 4 is 17.7 Å². The molecule has 0 fully saturated rings. The van der Waals surface area contributed by atoms with Crippen molar-refractivity contribution in [1.82, 2.24) is 14.8 Å². The molecule has 1 aromatic rings. The zero-order valence-electron chi connectivity index (χ0n) is 12.3. The zero-order valence-corrected chi connectivity index (χ0v) is 13.1. The zero-order chi connectivity index (χ0) is 15.2. The second kappa shape index (κ2) is 7.61. The fraction of sp³-hybridized carbons (Fsp3) is 0.750. The van der Waals surface area contributed by atoms with E-state index >= 15 is 0 Å². The molecule has 7 nitrogen and oxygen atoms in total. The highest BCUT2D eigenvalue weighted by Gasteiger charge is 2.23. The molecule has 20 heavy (non-hydrogen) atoms. The maximum Gasteiger partial charge on any atom is 0.313 e. The van der Waals surface area contributed by atoms with Gasteiger partial charge < -0.3 is 14.6 Å². The summed E-state index contributed by atoms with van der Waals surface area (Å²) >= 11 is 1.16. The Morgan fingerprint density at radius 1 is 1.35 bits per heavy atom. The Hall–Kier alpha value is -1.12. The minimum atomic E-state index is -0.878. The van der Waals surface area contributed by atoms with Crippen LogP contribution in [0.15, 0.2) is 5.16 Å². The SMILES string of the molecule is COCCOCc1nnc(SCC(=O)O)n1C(C)(C)C. The number of aliphatic carboxylic acids is 1. The van der Waals surface area contributed by atoms with Gasteiger partial charge in [0.2, 0.25) is 0 Å². The predicted octanol–water partition coefficient (Wildman–Crippen LogP) is 1.37. The lowest BCUT2D eigenvalue weighted by Crippen LogP contribution is -2.26. The Balaban J connectivity index is 2.81. The number of methoxy groups -OCH3 is 1. The quantitative estimate of drug-likeness (QED) is 0.573. The number of hydrogen-bond donors (Lipinski definition) is 1. The molecule has 0 aliphatic heterocycles. The number of carboxylic acids is 1. The number of nitrogens with zero attached hydrogens (tertiary/aromatic N) is 3. The normalized spacial score (nSPS) is 11.8. The van der Waals surface area contributed by atoms with Crippen molar-refractivity contribution in [3.63, 3.8) is 0 Å². The van der Waals surface area contributed by atoms with Crippen molar-refractivity contribution in [2.75, 3.05) is 26.1 Å². The lowest BCUT2D eigenvalue weighted by Gasteiger charge is -2.24. The number of hydrogen-bond acceptors (Lipinski definition) is 6. The molecule has 1 rings (SSSR count). The minimum Gasteiger partial charge on any atom is -0.481 e. The van der Waals surface area contributed by atoms with Gasteiger partial charge in [-0.05, 0) is 20.8 Å². The summed E-state index contributed by atoms with van der Waals surface area (Å²) in [6.07, 6.45) is 0. The van der Waals surface area contributed by atoms with E-state index in [-0.39, 0.29) is 11.3 Å². The summed E-state index contributed by atoms with van der Waals surface area (Å²) in [5, 5.41) is 17.5. The van der Waals surface area contributed by atoms with Crippen LogP contribution in [0.25, 0.3) is 0 Å². The van der Waals surface area contributed by atoms with Crippen LogP contribution >= 0.6 is 11.8 Å². The van der Waals surface area contributed by atoms with Gasteiger partial charge in [-0.15, -0.1) is 10.2 Å². The van der Waals surface area contributed by atoms with Crippen LogP contribution in [0.5, 0.6) is 0 Å². The summed E-state index contributed by atoms with van der Waals surface area (Å²) in [7, 11) is 1.61. The van der Waals surface area contributed by atoms with Crippen LogP contribution in [0.4, 0.5) is 0 Å². The van der Waals surface area contributed by atoms with Crippen LogP contribution in [-0.4, -0.2) is 51.9 Å². The Bertz CT molecular complexity index is 442. The highest BCUT2D eigenvalue weighted by Crippen LogP contribution is 2.25. The highest BCUT2D eigenvalue weighted by atomic mass is 32.2. The van der Waals surface area contributed by atoms with Crippen LogP contribution < -0.4 is 0 Å². The van der Waals surface area contributed by atoms with Crippen molar-refractivity contribution < 1.29 is 19.4 Å². The van der Waals surface area contributed by atoms with Crippen LogP contribution in [0.3, 0.4) is 0 Å². The fourth-order valence-electron chi connectivity index (χ4n) is 1.59. The van der Waals surface area contributed by atoms with Gasteiger partial charge in [0.05, 0.1) is 19.0 Å². The molecule has 0 spiro atoms. The van der Waals surface area contributed by atoms with Crippen molar-refractivity contribution in [3.8, 4) is 0 Å². The van der Waals surface area contributed by atoms with Gasteiger partial charge in [0.15, 0.2) is 11.0 Å². The molecule has 0 bridgehead atoms. The molecule has 1 N–H and O–H groups in total. The predicted molar refractivity (Wildman–Crippen MR) is 74.9 cm³/mol. The van der Waals surface area contributed by atoms with E-state index in [4.69, 9.17) is 14.6 Å². The summed E-state index contributed by atoms with van der Waals surface area (Å²) in [5.74, 6) is -0.239. The largest absolute Gasteiger partial charge is 0.481 e. The Morgan fingerprint density at radius 3 is 2.60 bits per heavy atom. The van der Waals surface area contributed by atoms with E-state index in [0.29, 0.717) is 30.8 Å². The van der Waals surface area contributed by atoms with E-state index in [1.807, 2.05) is 25.3 Å². The molecule has 0 unspecified atom stereocenters. The van der Waals surface area contributed by atoms with Crippen LogP contribution in [-0.2, 0) is 26.4 Å². The fourth-order valence-corrected chi connectivity index (χ4v) is 2.45. The summed E-state index contributed by atoms with van der Waals surface area (Å²) in [4.78, 5) is 10.7. The van der Waals surface area contributed by atoms with E-state index in [9.17, 15) is 4.79 Å². The van der Waals surface area contributed by atoms with Gasteiger partial charge in [-0.1, -0.05) is 11.8 Å². The average Bonchev–Trinajstić information content (AvgIpc) is 2.75. The molecule has 0 amide bonds. The lowest BCUT2D eigenvalue weighted by atomic mass is 10.1.